The van der Waals surface area contributed by atoms with Crippen LogP contribution in [0.5, 0.6) is 0 Å². The van der Waals surface area contributed by atoms with Crippen LogP contribution < -0.4 is 0 Å². The summed E-state index contributed by atoms with van der Waals surface area (Å²) in [5.74, 6) is 1.32. The minimum absolute atomic E-state index is 0.252. The Labute approximate surface area is 119 Å². The number of likely N-dealkylation sites (tertiary alicyclic amines) is 1. The number of allylic oxidation sites excluding steroid dienone is 2. The first-order chi connectivity index (χ1) is 9.34. The number of hydrogen-bond donors (Lipinski definition) is 0. The molecule has 102 valence electrons. The van der Waals surface area contributed by atoms with E-state index in [4.69, 9.17) is 0 Å². The molecule has 0 N–H and O–H groups in total. The van der Waals surface area contributed by atoms with Crippen molar-refractivity contribution in [3.63, 3.8) is 0 Å². The smallest absolute Gasteiger partial charge is 0.226 e. The minimum atomic E-state index is 0.252. The van der Waals surface area contributed by atoms with E-state index in [9.17, 15) is 4.79 Å². The molecule has 1 atom stereocenters. The number of hydrogen-bond acceptors (Lipinski definition) is 2. The molecule has 1 fully saturated rings. The predicted molar refractivity (Wildman–Crippen MR) is 79.4 cm³/mol. The highest BCUT2D eigenvalue weighted by molar-refractivity contribution is 7.07. The molecule has 0 bridgehead atoms. The Kier molecular flexibility index (Phi) is 4.02. The van der Waals surface area contributed by atoms with Crippen LogP contribution in [-0.2, 0) is 4.79 Å². The van der Waals surface area contributed by atoms with E-state index >= 15 is 0 Å². The van der Waals surface area contributed by atoms with Gasteiger partial charge in [-0.15, -0.1) is 0 Å². The van der Waals surface area contributed by atoms with Crippen LogP contribution in [0.1, 0.15) is 43.6 Å². The number of carbonyl (C=O) groups is 1. The van der Waals surface area contributed by atoms with Gasteiger partial charge in [0.25, 0.3) is 0 Å². The van der Waals surface area contributed by atoms with Crippen LogP contribution in [0.25, 0.3) is 0 Å². The number of piperidine rings is 1. The lowest BCUT2D eigenvalue weighted by Crippen LogP contribution is -2.41. The van der Waals surface area contributed by atoms with Gasteiger partial charge in [0.15, 0.2) is 0 Å². The molecule has 0 radical (unpaired) electrons. The molecular weight excluding hydrogens is 254 g/mol. The molecule has 1 aliphatic carbocycles. The fourth-order valence-electron chi connectivity index (χ4n) is 3.22. The molecule has 1 amide bonds. The zero-order chi connectivity index (χ0) is 13.1. The lowest BCUT2D eigenvalue weighted by Gasteiger charge is -2.34. The fraction of sp³-hybridized carbons (Fsp3) is 0.562. The van der Waals surface area contributed by atoms with Crippen LogP contribution >= 0.6 is 11.3 Å². The molecule has 0 spiro atoms. The average molecular weight is 275 g/mol. The molecule has 2 heterocycles. The molecule has 1 aliphatic heterocycles. The molecule has 2 nitrogen and oxygen atoms in total. The van der Waals surface area contributed by atoms with E-state index in [0.29, 0.717) is 11.8 Å². The third-order valence-corrected chi connectivity index (χ3v) is 5.14. The van der Waals surface area contributed by atoms with Crippen LogP contribution in [0.15, 0.2) is 29.0 Å². The maximum Gasteiger partial charge on any atom is 0.226 e. The second-order valence-corrected chi connectivity index (χ2v) is 6.42. The van der Waals surface area contributed by atoms with Crippen molar-refractivity contribution >= 4 is 17.2 Å². The van der Waals surface area contributed by atoms with Crippen molar-refractivity contribution in [2.45, 2.75) is 38.0 Å². The molecule has 1 unspecified atom stereocenters. The summed E-state index contributed by atoms with van der Waals surface area (Å²) in [6, 6.07) is 2.23. The van der Waals surface area contributed by atoms with Gasteiger partial charge in [-0.25, -0.2) is 0 Å². The van der Waals surface area contributed by atoms with Crippen molar-refractivity contribution in [3.8, 4) is 0 Å². The van der Waals surface area contributed by atoms with Crippen LogP contribution in [0.3, 0.4) is 0 Å². The van der Waals surface area contributed by atoms with E-state index < -0.39 is 0 Å². The summed E-state index contributed by atoms with van der Waals surface area (Å²) in [6.07, 6.45) is 9.69. The van der Waals surface area contributed by atoms with E-state index in [0.717, 1.165) is 45.2 Å². The van der Waals surface area contributed by atoms with Crippen LogP contribution in [-0.4, -0.2) is 23.9 Å². The first kappa shape index (κ1) is 12.9. The topological polar surface area (TPSA) is 20.3 Å². The Morgan fingerprint density at radius 2 is 2.05 bits per heavy atom. The van der Waals surface area contributed by atoms with Crippen molar-refractivity contribution in [3.05, 3.63) is 34.5 Å². The van der Waals surface area contributed by atoms with Gasteiger partial charge in [-0.05, 0) is 60.4 Å². The summed E-state index contributed by atoms with van der Waals surface area (Å²) in [5.41, 5.74) is 1.47. The standard InChI is InChI=1S/C16H21NOS/c18-16(14-4-2-1-3-5-14)17-9-6-13(7-10-17)15-8-11-19-12-15/h1-2,8,11-14H,3-7,9-10H2. The normalized spacial score (nSPS) is 24.6. The highest BCUT2D eigenvalue weighted by Gasteiger charge is 2.28. The van der Waals surface area contributed by atoms with Gasteiger partial charge in [0.05, 0.1) is 0 Å². The second-order valence-electron chi connectivity index (χ2n) is 5.64. The second kappa shape index (κ2) is 5.91. The summed E-state index contributed by atoms with van der Waals surface area (Å²) in [6.45, 7) is 1.89. The van der Waals surface area contributed by atoms with E-state index in [2.05, 4.69) is 33.9 Å². The molecule has 1 saturated heterocycles. The Balaban J connectivity index is 1.55. The maximum absolute atomic E-state index is 12.4. The first-order valence-electron chi connectivity index (χ1n) is 7.30. The predicted octanol–water partition coefficient (Wildman–Crippen LogP) is 3.81. The van der Waals surface area contributed by atoms with Crippen molar-refractivity contribution in [1.82, 2.24) is 4.90 Å². The van der Waals surface area contributed by atoms with Gasteiger partial charge in [0.2, 0.25) is 5.91 Å². The molecule has 2 aliphatic rings. The van der Waals surface area contributed by atoms with Gasteiger partial charge < -0.3 is 4.90 Å². The quantitative estimate of drug-likeness (QED) is 0.752. The van der Waals surface area contributed by atoms with E-state index in [1.165, 1.54) is 5.56 Å². The van der Waals surface area contributed by atoms with E-state index in [1.807, 2.05) is 0 Å². The van der Waals surface area contributed by atoms with Crippen molar-refractivity contribution in [2.24, 2.45) is 5.92 Å². The van der Waals surface area contributed by atoms with Gasteiger partial charge in [-0.1, -0.05) is 12.2 Å². The van der Waals surface area contributed by atoms with Gasteiger partial charge in [0.1, 0.15) is 0 Å². The maximum atomic E-state index is 12.4. The number of thiophene rings is 1. The largest absolute Gasteiger partial charge is 0.342 e. The molecule has 1 aromatic heterocycles. The van der Waals surface area contributed by atoms with Crippen molar-refractivity contribution < 1.29 is 4.79 Å². The van der Waals surface area contributed by atoms with E-state index in [1.54, 1.807) is 11.3 Å². The van der Waals surface area contributed by atoms with Crippen molar-refractivity contribution in [2.75, 3.05) is 13.1 Å². The van der Waals surface area contributed by atoms with Gasteiger partial charge in [-0.2, -0.15) is 11.3 Å². The summed E-state index contributed by atoms with van der Waals surface area (Å²) < 4.78 is 0. The summed E-state index contributed by atoms with van der Waals surface area (Å²) in [5, 5.41) is 4.41. The summed E-state index contributed by atoms with van der Waals surface area (Å²) in [4.78, 5) is 14.5. The van der Waals surface area contributed by atoms with Crippen molar-refractivity contribution in [1.29, 1.82) is 0 Å². The molecule has 0 saturated carbocycles. The monoisotopic (exact) mass is 275 g/mol. The SMILES string of the molecule is O=C(C1CC=CCC1)N1CCC(c2ccsc2)CC1. The average Bonchev–Trinajstić information content (AvgIpc) is 3.02. The van der Waals surface area contributed by atoms with Gasteiger partial charge >= 0.3 is 0 Å². The Hall–Kier alpha value is -1.09. The molecule has 3 rings (SSSR count). The number of carbonyl (C=O) groups excluding carboxylic acids is 1. The zero-order valence-electron chi connectivity index (χ0n) is 11.3. The molecule has 1 aromatic rings. The fourth-order valence-corrected chi connectivity index (χ4v) is 3.96. The Bertz CT molecular complexity index is 443. The highest BCUT2D eigenvalue weighted by Crippen LogP contribution is 2.31. The lowest BCUT2D eigenvalue weighted by molar-refractivity contribution is -0.136. The van der Waals surface area contributed by atoms with Gasteiger partial charge in [-0.3, -0.25) is 4.79 Å². The zero-order valence-corrected chi connectivity index (χ0v) is 12.1. The Morgan fingerprint density at radius 3 is 2.68 bits per heavy atom. The highest BCUT2D eigenvalue weighted by atomic mass is 32.1. The Morgan fingerprint density at radius 1 is 1.21 bits per heavy atom. The third-order valence-electron chi connectivity index (χ3n) is 4.44. The minimum Gasteiger partial charge on any atom is -0.342 e. The number of rotatable bonds is 2. The van der Waals surface area contributed by atoms with E-state index in [-0.39, 0.29) is 5.92 Å². The van der Waals surface area contributed by atoms with Crippen LogP contribution in [0.2, 0.25) is 0 Å². The van der Waals surface area contributed by atoms with Gasteiger partial charge in [0, 0.05) is 19.0 Å². The van der Waals surface area contributed by atoms with Crippen LogP contribution in [0, 0.1) is 5.92 Å². The summed E-state index contributed by atoms with van der Waals surface area (Å²) >= 11 is 1.77. The van der Waals surface area contributed by atoms with Crippen LogP contribution in [0.4, 0.5) is 0 Å². The summed E-state index contributed by atoms with van der Waals surface area (Å²) in [7, 11) is 0. The molecule has 0 aromatic carbocycles. The third kappa shape index (κ3) is 2.92. The first-order valence-corrected chi connectivity index (χ1v) is 8.25. The molecule has 19 heavy (non-hydrogen) atoms. The molecule has 3 heteroatoms. The number of nitrogens with zero attached hydrogens (tertiary/aromatic N) is 1. The molecular formula is C16H21NOS. The number of amides is 1. The lowest BCUT2D eigenvalue weighted by atomic mass is 9.89.